The first-order valence-electron chi connectivity index (χ1n) is 12.3. The Bertz CT molecular complexity index is 831. The van der Waals surface area contributed by atoms with Crippen molar-refractivity contribution in [3.8, 4) is 0 Å². The van der Waals surface area contributed by atoms with Crippen molar-refractivity contribution >= 4 is 11.6 Å². The first-order chi connectivity index (χ1) is 14.8. The largest absolute Gasteiger partial charge is 0.312 e. The summed E-state index contributed by atoms with van der Waals surface area (Å²) in [6.45, 7) is 5.78. The molecular weight excluding hydrogens is 370 g/mol. The fourth-order valence-corrected chi connectivity index (χ4v) is 7.20. The molecule has 4 saturated heterocycles. The third-order valence-corrected chi connectivity index (χ3v) is 8.47. The van der Waals surface area contributed by atoms with Gasteiger partial charge in [-0.05, 0) is 81.1 Å². The minimum absolute atomic E-state index is 0.277. The highest BCUT2D eigenvalue weighted by Gasteiger charge is 2.45. The molecule has 5 aliphatic rings. The zero-order chi connectivity index (χ0) is 20.1. The molecule has 0 saturated carbocycles. The van der Waals surface area contributed by atoms with Crippen LogP contribution in [0, 0.1) is 11.8 Å². The zero-order valence-electron chi connectivity index (χ0n) is 18.1. The number of rotatable bonds is 3. The van der Waals surface area contributed by atoms with E-state index in [9.17, 15) is 4.79 Å². The number of anilines is 1. The number of hydrogen-bond acceptors (Lipinski definition) is 3. The van der Waals surface area contributed by atoms with E-state index in [0.29, 0.717) is 12.5 Å². The molecule has 1 amide bonds. The van der Waals surface area contributed by atoms with Crippen LogP contribution < -0.4 is 4.90 Å². The number of nitrogens with zero attached hydrogens (tertiary/aromatic N) is 3. The minimum atomic E-state index is 0.277. The molecule has 6 rings (SSSR count). The molecular formula is C26H35N3O. The van der Waals surface area contributed by atoms with Crippen molar-refractivity contribution in [3.05, 3.63) is 41.5 Å². The van der Waals surface area contributed by atoms with Gasteiger partial charge in [-0.1, -0.05) is 30.2 Å². The quantitative estimate of drug-likeness (QED) is 0.705. The molecule has 2 bridgehead atoms. The Kier molecular flexibility index (Phi) is 4.96. The molecule has 4 nitrogen and oxygen atoms in total. The molecule has 2 unspecified atom stereocenters. The number of piperidine rings is 3. The maximum absolute atomic E-state index is 12.0. The van der Waals surface area contributed by atoms with E-state index in [0.717, 1.165) is 43.1 Å². The lowest BCUT2D eigenvalue weighted by molar-refractivity contribution is -0.117. The summed E-state index contributed by atoms with van der Waals surface area (Å²) in [7, 11) is 0. The third-order valence-electron chi connectivity index (χ3n) is 8.47. The Morgan fingerprint density at radius 3 is 2.63 bits per heavy atom. The van der Waals surface area contributed by atoms with E-state index in [4.69, 9.17) is 0 Å². The van der Waals surface area contributed by atoms with E-state index < -0.39 is 0 Å². The summed E-state index contributed by atoms with van der Waals surface area (Å²) in [6.07, 6.45) is 12.7. The second kappa shape index (κ2) is 7.80. The topological polar surface area (TPSA) is 26.8 Å². The molecule has 0 radical (unpaired) electrons. The van der Waals surface area contributed by atoms with Crippen molar-refractivity contribution in [1.82, 2.24) is 9.80 Å². The number of likely N-dealkylation sites (tertiary alicyclic amines) is 1. The zero-order valence-corrected chi connectivity index (χ0v) is 18.1. The van der Waals surface area contributed by atoms with Gasteiger partial charge in [0.25, 0.3) is 0 Å². The van der Waals surface area contributed by atoms with Gasteiger partial charge in [0.15, 0.2) is 0 Å². The molecule has 30 heavy (non-hydrogen) atoms. The van der Waals surface area contributed by atoms with Gasteiger partial charge >= 0.3 is 0 Å². The van der Waals surface area contributed by atoms with Crippen LogP contribution in [0.15, 0.2) is 35.9 Å². The monoisotopic (exact) mass is 405 g/mol. The number of amides is 1. The van der Waals surface area contributed by atoms with Gasteiger partial charge in [-0.15, -0.1) is 0 Å². The molecule has 0 spiro atoms. The standard InChI is InChI=1S/C26H35N3O/c30-25-7-4-14-29(25)23-10-8-19(9-11-23)17-28-13-3-5-20-15-21-16-22(26(20)28)18-27-12-2-1-6-24(21)27/h8-11,15,21-22,24,26H,1-7,12-14,16-18H2/t21?,22?,24-,26-/m1/s1. The number of fused-ring (bicyclic) bond motifs is 6. The van der Waals surface area contributed by atoms with E-state index in [2.05, 4.69) is 40.1 Å². The van der Waals surface area contributed by atoms with Crippen LogP contribution in [0.25, 0.3) is 0 Å². The van der Waals surface area contributed by atoms with E-state index in [1.165, 1.54) is 63.7 Å². The maximum atomic E-state index is 12.0. The normalized spacial score (nSPS) is 34.5. The van der Waals surface area contributed by atoms with Crippen LogP contribution in [-0.4, -0.2) is 54.0 Å². The molecule has 4 aliphatic heterocycles. The fraction of sp³-hybridized carbons (Fsp3) is 0.654. The predicted molar refractivity (Wildman–Crippen MR) is 120 cm³/mol. The Hall–Kier alpha value is -1.65. The van der Waals surface area contributed by atoms with Gasteiger partial charge in [0, 0.05) is 43.8 Å². The highest BCUT2D eigenvalue weighted by Crippen LogP contribution is 2.45. The Labute approximate surface area is 180 Å². The maximum Gasteiger partial charge on any atom is 0.227 e. The van der Waals surface area contributed by atoms with Crippen molar-refractivity contribution in [2.75, 3.05) is 31.1 Å². The summed E-state index contributed by atoms with van der Waals surface area (Å²) in [5, 5.41) is 0. The van der Waals surface area contributed by atoms with Crippen molar-refractivity contribution in [3.63, 3.8) is 0 Å². The van der Waals surface area contributed by atoms with E-state index in [1.54, 1.807) is 5.57 Å². The lowest BCUT2D eigenvalue weighted by atomic mass is 9.68. The molecule has 0 N–H and O–H groups in total. The van der Waals surface area contributed by atoms with Gasteiger partial charge < -0.3 is 4.90 Å². The summed E-state index contributed by atoms with van der Waals surface area (Å²) >= 11 is 0. The average molecular weight is 406 g/mol. The van der Waals surface area contributed by atoms with Crippen LogP contribution in [-0.2, 0) is 11.3 Å². The van der Waals surface area contributed by atoms with Crippen molar-refractivity contribution < 1.29 is 4.79 Å². The van der Waals surface area contributed by atoms with E-state index >= 15 is 0 Å². The average Bonchev–Trinajstić information content (AvgIpc) is 3.20. The summed E-state index contributed by atoms with van der Waals surface area (Å²) in [5.41, 5.74) is 4.22. The molecule has 1 aliphatic carbocycles. The first kappa shape index (κ1) is 19.1. The van der Waals surface area contributed by atoms with Gasteiger partial charge in [-0.25, -0.2) is 0 Å². The summed E-state index contributed by atoms with van der Waals surface area (Å²) in [5.74, 6) is 1.90. The molecule has 1 aromatic rings. The van der Waals surface area contributed by atoms with E-state index in [1.807, 2.05) is 4.90 Å². The highest BCUT2D eigenvalue weighted by atomic mass is 16.2. The molecule has 4 atom stereocenters. The van der Waals surface area contributed by atoms with Crippen molar-refractivity contribution in [1.29, 1.82) is 0 Å². The third kappa shape index (κ3) is 3.33. The SMILES string of the molecule is O=C1CCCN1c1ccc(CN2CCCC3=CC4CC(CN5CCCC[C@H]45)[C@@H]32)cc1. The van der Waals surface area contributed by atoms with E-state index in [-0.39, 0.29) is 5.91 Å². The minimum Gasteiger partial charge on any atom is -0.312 e. The van der Waals surface area contributed by atoms with Gasteiger partial charge in [0.1, 0.15) is 0 Å². The van der Waals surface area contributed by atoms with Gasteiger partial charge in [0.05, 0.1) is 0 Å². The molecule has 0 aromatic heterocycles. The van der Waals surface area contributed by atoms with Crippen LogP contribution in [0.2, 0.25) is 0 Å². The Morgan fingerprint density at radius 1 is 0.933 bits per heavy atom. The van der Waals surface area contributed by atoms with Crippen LogP contribution >= 0.6 is 0 Å². The van der Waals surface area contributed by atoms with Gasteiger partial charge in [-0.2, -0.15) is 0 Å². The highest BCUT2D eigenvalue weighted by molar-refractivity contribution is 5.95. The Morgan fingerprint density at radius 2 is 1.80 bits per heavy atom. The molecule has 160 valence electrons. The summed E-state index contributed by atoms with van der Waals surface area (Å²) < 4.78 is 0. The van der Waals surface area contributed by atoms with Crippen LogP contribution in [0.5, 0.6) is 0 Å². The summed E-state index contributed by atoms with van der Waals surface area (Å²) in [4.78, 5) is 19.6. The first-order valence-corrected chi connectivity index (χ1v) is 12.3. The Balaban J connectivity index is 1.20. The molecule has 4 heteroatoms. The lowest BCUT2D eigenvalue weighted by Crippen LogP contribution is -2.58. The van der Waals surface area contributed by atoms with Gasteiger partial charge in [0.2, 0.25) is 5.91 Å². The molecule has 4 heterocycles. The summed E-state index contributed by atoms with van der Waals surface area (Å²) in [6, 6.07) is 10.3. The number of hydrogen-bond donors (Lipinski definition) is 0. The van der Waals surface area contributed by atoms with Crippen LogP contribution in [0.3, 0.4) is 0 Å². The number of carbonyl (C=O) groups is 1. The second-order valence-corrected chi connectivity index (χ2v) is 10.3. The van der Waals surface area contributed by atoms with Crippen molar-refractivity contribution in [2.24, 2.45) is 11.8 Å². The smallest absolute Gasteiger partial charge is 0.227 e. The van der Waals surface area contributed by atoms with Gasteiger partial charge in [-0.3, -0.25) is 14.6 Å². The molecule has 4 fully saturated rings. The predicted octanol–water partition coefficient (Wildman–Crippen LogP) is 4.21. The second-order valence-electron chi connectivity index (χ2n) is 10.3. The number of carbonyl (C=O) groups excluding carboxylic acids is 1. The fourth-order valence-electron chi connectivity index (χ4n) is 7.20. The van der Waals surface area contributed by atoms with Crippen LogP contribution in [0.4, 0.5) is 5.69 Å². The van der Waals surface area contributed by atoms with Crippen molar-refractivity contribution in [2.45, 2.75) is 70.0 Å². The molecule has 1 aromatic carbocycles. The van der Waals surface area contributed by atoms with Crippen LogP contribution in [0.1, 0.15) is 56.9 Å². The number of benzene rings is 1. The lowest BCUT2D eigenvalue weighted by Gasteiger charge is -2.54.